The van der Waals surface area contributed by atoms with Crippen LogP contribution in [0.4, 0.5) is 32.0 Å². The molecule has 0 spiro atoms. The fraction of sp³-hybridized carbons (Fsp3) is 0.316. The van der Waals surface area contributed by atoms with Gasteiger partial charge in [0.1, 0.15) is 12.1 Å². The minimum Gasteiger partial charge on any atom is -0.423 e. The Morgan fingerprint density at radius 3 is 2.42 bits per heavy atom. The van der Waals surface area contributed by atoms with Gasteiger partial charge in [0.2, 0.25) is 5.91 Å². The molecule has 12 heteroatoms. The molecule has 164 valence electrons. The minimum atomic E-state index is -4.78. The molecular formula is C19H13F6N3O3. The van der Waals surface area contributed by atoms with Crippen LogP contribution in [0.2, 0.25) is 0 Å². The highest BCUT2D eigenvalue weighted by Gasteiger charge is 2.38. The predicted molar refractivity (Wildman–Crippen MR) is 95.3 cm³/mol. The molecule has 1 aliphatic carbocycles. The van der Waals surface area contributed by atoms with E-state index in [0.717, 1.165) is 22.9 Å². The molecule has 2 aromatic heterocycles. The van der Waals surface area contributed by atoms with Crippen molar-refractivity contribution in [1.82, 2.24) is 9.78 Å². The molecule has 1 aromatic carbocycles. The molecular weight excluding hydrogens is 432 g/mol. The zero-order chi connectivity index (χ0) is 22.6. The number of nitrogens with zero attached hydrogens (tertiary/aromatic N) is 2. The van der Waals surface area contributed by atoms with E-state index in [4.69, 9.17) is 4.42 Å². The Kier molecular flexibility index (Phi) is 4.82. The quantitative estimate of drug-likeness (QED) is 0.473. The summed E-state index contributed by atoms with van der Waals surface area (Å²) < 4.78 is 83.9. The van der Waals surface area contributed by atoms with Gasteiger partial charge in [0.25, 0.3) is 0 Å². The topological polar surface area (TPSA) is 77.1 Å². The fourth-order valence-electron chi connectivity index (χ4n) is 3.22. The summed E-state index contributed by atoms with van der Waals surface area (Å²) in [5, 5.41) is 5.47. The molecule has 4 rings (SSSR count). The Hall–Kier alpha value is -3.31. The summed E-state index contributed by atoms with van der Waals surface area (Å²) in [6.07, 6.45) is -8.06. The molecule has 0 atom stereocenters. The molecule has 0 unspecified atom stereocenters. The summed E-state index contributed by atoms with van der Waals surface area (Å²) >= 11 is 0. The summed E-state index contributed by atoms with van der Waals surface area (Å²) in [6.45, 7) is -0.521. The van der Waals surface area contributed by atoms with Gasteiger partial charge < -0.3 is 9.73 Å². The van der Waals surface area contributed by atoms with E-state index in [1.54, 1.807) is 0 Å². The normalized spacial score (nSPS) is 14.8. The molecule has 1 saturated carbocycles. The average Bonchev–Trinajstić information content (AvgIpc) is 3.39. The van der Waals surface area contributed by atoms with Crippen LogP contribution in [0.1, 0.15) is 35.7 Å². The van der Waals surface area contributed by atoms with Crippen LogP contribution in [0.15, 0.2) is 39.5 Å². The zero-order valence-electron chi connectivity index (χ0n) is 15.5. The van der Waals surface area contributed by atoms with Crippen LogP contribution < -0.4 is 10.9 Å². The third kappa shape index (κ3) is 4.42. The maximum Gasteiger partial charge on any atom is 0.435 e. The second-order valence-electron chi connectivity index (χ2n) is 7.12. The Morgan fingerprint density at radius 1 is 1.10 bits per heavy atom. The number of nitrogens with one attached hydrogen (secondary N) is 1. The molecule has 6 nitrogen and oxygen atoms in total. The van der Waals surface area contributed by atoms with E-state index in [2.05, 4.69) is 10.4 Å². The number of benzene rings is 1. The second kappa shape index (κ2) is 7.13. The second-order valence-corrected chi connectivity index (χ2v) is 7.12. The van der Waals surface area contributed by atoms with Gasteiger partial charge in [0.05, 0.1) is 5.56 Å². The van der Waals surface area contributed by atoms with Gasteiger partial charge in [-0.05, 0) is 31.0 Å². The first-order valence-electron chi connectivity index (χ1n) is 9.02. The molecule has 1 aliphatic rings. The lowest BCUT2D eigenvalue weighted by Gasteiger charge is -2.11. The SMILES string of the molecule is O=C(Cn1nc(C(F)(F)F)cc1C1CC1)Nc1ccc2c(C(F)(F)F)cc(=O)oc2c1. The summed E-state index contributed by atoms with van der Waals surface area (Å²) in [5.74, 6) is -0.848. The Balaban J connectivity index is 1.58. The molecule has 1 fully saturated rings. The Labute approximate surface area is 169 Å². The smallest absolute Gasteiger partial charge is 0.423 e. The Bertz CT molecular complexity index is 1220. The number of anilines is 1. The number of alkyl halides is 6. The van der Waals surface area contributed by atoms with Gasteiger partial charge in [-0.25, -0.2) is 4.79 Å². The van der Waals surface area contributed by atoms with Gasteiger partial charge in [-0.1, -0.05) is 0 Å². The van der Waals surface area contributed by atoms with Crippen LogP contribution in [0, 0.1) is 0 Å². The summed E-state index contributed by atoms with van der Waals surface area (Å²) in [7, 11) is 0. The van der Waals surface area contributed by atoms with Gasteiger partial charge in [-0.3, -0.25) is 9.48 Å². The first kappa shape index (κ1) is 20.9. The van der Waals surface area contributed by atoms with Crippen molar-refractivity contribution in [3.8, 4) is 0 Å². The van der Waals surface area contributed by atoms with Crippen molar-refractivity contribution in [3.05, 3.63) is 57.7 Å². The molecule has 0 saturated heterocycles. The fourth-order valence-corrected chi connectivity index (χ4v) is 3.22. The minimum absolute atomic E-state index is 0.0103. The molecule has 31 heavy (non-hydrogen) atoms. The molecule has 2 heterocycles. The highest BCUT2D eigenvalue weighted by atomic mass is 19.4. The molecule has 0 bridgehead atoms. The number of carbonyl (C=O) groups excluding carboxylic acids is 1. The van der Waals surface area contributed by atoms with Crippen LogP contribution in [0.25, 0.3) is 11.0 Å². The van der Waals surface area contributed by atoms with E-state index in [1.807, 2.05) is 0 Å². The summed E-state index contributed by atoms with van der Waals surface area (Å²) in [5.41, 5.74) is -3.59. The van der Waals surface area contributed by atoms with Gasteiger partial charge in [0.15, 0.2) is 5.69 Å². The van der Waals surface area contributed by atoms with Gasteiger partial charge >= 0.3 is 18.0 Å². The molecule has 3 aromatic rings. The highest BCUT2D eigenvalue weighted by Crippen LogP contribution is 2.42. The third-order valence-corrected chi connectivity index (χ3v) is 4.72. The van der Waals surface area contributed by atoms with Crippen LogP contribution in [-0.4, -0.2) is 15.7 Å². The van der Waals surface area contributed by atoms with Gasteiger partial charge in [-0.2, -0.15) is 31.4 Å². The van der Waals surface area contributed by atoms with Crippen molar-refractivity contribution in [2.24, 2.45) is 0 Å². The van der Waals surface area contributed by atoms with E-state index < -0.39 is 47.3 Å². The largest absolute Gasteiger partial charge is 0.435 e. The van der Waals surface area contributed by atoms with Crippen LogP contribution in [0.3, 0.4) is 0 Å². The van der Waals surface area contributed by atoms with E-state index in [-0.39, 0.29) is 17.0 Å². The number of hydrogen-bond acceptors (Lipinski definition) is 4. The predicted octanol–water partition coefficient (Wildman–Crippen LogP) is 4.54. The number of rotatable bonds is 4. The maximum absolute atomic E-state index is 13.1. The lowest BCUT2D eigenvalue weighted by Crippen LogP contribution is -2.21. The van der Waals surface area contributed by atoms with Gasteiger partial charge in [-0.15, -0.1) is 0 Å². The number of halogens is 6. The summed E-state index contributed by atoms with van der Waals surface area (Å²) in [6, 6.07) is 4.48. The van der Waals surface area contributed by atoms with Crippen LogP contribution in [-0.2, 0) is 23.7 Å². The number of amides is 1. The lowest BCUT2D eigenvalue weighted by molar-refractivity contribution is -0.141. The van der Waals surface area contributed by atoms with E-state index in [0.29, 0.717) is 24.6 Å². The Morgan fingerprint density at radius 2 is 1.81 bits per heavy atom. The van der Waals surface area contributed by atoms with Crippen LogP contribution in [0.5, 0.6) is 0 Å². The molecule has 1 N–H and O–H groups in total. The number of aromatic nitrogens is 2. The molecule has 0 radical (unpaired) electrons. The van der Waals surface area contributed by atoms with Crippen molar-refractivity contribution < 1.29 is 35.6 Å². The first-order valence-corrected chi connectivity index (χ1v) is 9.02. The highest BCUT2D eigenvalue weighted by molar-refractivity contribution is 5.93. The average molecular weight is 445 g/mol. The number of fused-ring (bicyclic) bond motifs is 1. The van der Waals surface area contributed by atoms with Gasteiger partial charge in [0, 0.05) is 34.8 Å². The van der Waals surface area contributed by atoms with Crippen molar-refractivity contribution in [3.63, 3.8) is 0 Å². The summed E-state index contributed by atoms with van der Waals surface area (Å²) in [4.78, 5) is 23.8. The molecule has 1 amide bonds. The van der Waals surface area contributed by atoms with E-state index in [1.165, 1.54) is 6.07 Å². The van der Waals surface area contributed by atoms with Crippen molar-refractivity contribution in [2.45, 2.75) is 37.7 Å². The maximum atomic E-state index is 13.1. The first-order chi connectivity index (χ1) is 14.4. The van der Waals surface area contributed by atoms with Crippen LogP contribution >= 0.6 is 0 Å². The van der Waals surface area contributed by atoms with E-state index >= 15 is 0 Å². The standard InChI is InChI=1S/C19H13F6N3O3/c20-18(21,22)12-6-17(30)31-14-5-10(3-4-11(12)14)26-16(29)8-28-13(9-1-2-9)7-15(27-28)19(23,24)25/h3-7,9H,1-2,8H2,(H,26,29). The van der Waals surface area contributed by atoms with Crippen molar-refractivity contribution in [2.75, 3.05) is 5.32 Å². The van der Waals surface area contributed by atoms with E-state index in [9.17, 15) is 35.9 Å². The number of hydrogen-bond donors (Lipinski definition) is 1. The van der Waals surface area contributed by atoms with Crippen molar-refractivity contribution >= 4 is 22.6 Å². The monoisotopic (exact) mass is 445 g/mol. The molecule has 0 aliphatic heterocycles. The third-order valence-electron chi connectivity index (χ3n) is 4.72. The van der Waals surface area contributed by atoms with Crippen molar-refractivity contribution in [1.29, 1.82) is 0 Å². The zero-order valence-corrected chi connectivity index (χ0v) is 15.5. The number of carbonyl (C=O) groups is 1. The lowest BCUT2D eigenvalue weighted by atomic mass is 10.1.